The molecule has 1 rings (SSSR count). The molecule has 0 bridgehead atoms. The van der Waals surface area contributed by atoms with Gasteiger partial charge in [-0.1, -0.05) is 0 Å². The average Bonchev–Trinajstić information content (AvgIpc) is 2.18. The van der Waals surface area contributed by atoms with Crippen molar-refractivity contribution in [2.45, 2.75) is 12.8 Å². The van der Waals surface area contributed by atoms with E-state index in [4.69, 9.17) is 0 Å². The number of halogens is 6. The number of ether oxygens (including phenoxy) is 1. The van der Waals surface area contributed by atoms with Gasteiger partial charge in [0.2, 0.25) is 5.88 Å². The number of hydrogen-bond acceptors (Lipinski definition) is 3. The molecule has 1 heterocycles. The van der Waals surface area contributed by atoms with Gasteiger partial charge in [0.25, 0.3) is 6.43 Å². The quantitative estimate of drug-likeness (QED) is 0.468. The van der Waals surface area contributed by atoms with Crippen LogP contribution < -0.4 is 4.74 Å². The van der Waals surface area contributed by atoms with Gasteiger partial charge in [0, 0.05) is 5.56 Å². The molecule has 0 aromatic carbocycles. The molecule has 0 aliphatic heterocycles. The highest BCUT2D eigenvalue weighted by Crippen LogP contribution is 2.30. The van der Waals surface area contributed by atoms with Gasteiger partial charge in [0.15, 0.2) is 6.29 Å². The number of carbonyl (C=O) groups excluding carboxylic acids is 1. The van der Waals surface area contributed by atoms with Crippen molar-refractivity contribution >= 4 is 28.9 Å². The van der Waals surface area contributed by atoms with Gasteiger partial charge in [-0.3, -0.25) is 4.79 Å². The second-order valence-corrected chi connectivity index (χ2v) is 3.88. The number of alkyl halides is 5. The maximum atomic E-state index is 12.4. The van der Waals surface area contributed by atoms with Crippen molar-refractivity contribution in [3.8, 4) is 5.88 Å². The molecule has 0 saturated heterocycles. The second-order valence-electron chi connectivity index (χ2n) is 2.72. The Kier molecular flexibility index (Phi) is 4.22. The lowest BCUT2D eigenvalue weighted by Crippen LogP contribution is -2.19. The van der Waals surface area contributed by atoms with E-state index in [1.165, 1.54) is 22.6 Å². The summed E-state index contributed by atoms with van der Waals surface area (Å²) in [5.74, 6) is -0.926. The molecule has 0 fully saturated rings. The predicted octanol–water partition coefficient (Wildman–Crippen LogP) is 3.33. The van der Waals surface area contributed by atoms with Crippen LogP contribution in [-0.4, -0.2) is 17.6 Å². The highest BCUT2D eigenvalue weighted by atomic mass is 127. The Bertz CT molecular complexity index is 435. The smallest absolute Gasteiger partial charge is 0.387 e. The lowest BCUT2D eigenvalue weighted by Gasteiger charge is -2.11. The van der Waals surface area contributed by atoms with Gasteiger partial charge in [0.1, 0.15) is 5.69 Å². The largest absolute Gasteiger partial charge is 0.574 e. The zero-order valence-electron chi connectivity index (χ0n) is 7.76. The Morgan fingerprint density at radius 1 is 1.41 bits per heavy atom. The van der Waals surface area contributed by atoms with E-state index in [-0.39, 0.29) is 9.86 Å². The molecule has 0 saturated carbocycles. The van der Waals surface area contributed by atoms with Crippen molar-refractivity contribution in [3.05, 3.63) is 20.9 Å². The van der Waals surface area contributed by atoms with E-state index in [0.717, 1.165) is 6.07 Å². The van der Waals surface area contributed by atoms with Gasteiger partial charge in [-0.2, -0.15) is 0 Å². The number of rotatable bonds is 3. The fourth-order valence-corrected chi connectivity index (χ4v) is 1.52. The van der Waals surface area contributed by atoms with Gasteiger partial charge in [0.05, 0.1) is 3.57 Å². The first-order valence-corrected chi connectivity index (χ1v) is 5.02. The van der Waals surface area contributed by atoms with Gasteiger partial charge in [-0.15, -0.1) is 13.2 Å². The molecule has 3 nitrogen and oxygen atoms in total. The second kappa shape index (κ2) is 5.10. The van der Waals surface area contributed by atoms with E-state index in [2.05, 4.69) is 9.72 Å². The molecule has 0 aliphatic rings. The topological polar surface area (TPSA) is 39.2 Å². The summed E-state index contributed by atoms with van der Waals surface area (Å²) >= 11 is 1.36. The molecule has 9 heteroatoms. The third kappa shape index (κ3) is 3.75. The fourth-order valence-electron chi connectivity index (χ4n) is 0.950. The Morgan fingerprint density at radius 2 is 2.00 bits per heavy atom. The van der Waals surface area contributed by atoms with E-state index >= 15 is 0 Å². The van der Waals surface area contributed by atoms with E-state index in [9.17, 15) is 26.7 Å². The van der Waals surface area contributed by atoms with Crippen LogP contribution in [0.3, 0.4) is 0 Å². The van der Waals surface area contributed by atoms with Crippen molar-refractivity contribution < 1.29 is 31.5 Å². The van der Waals surface area contributed by atoms with Crippen LogP contribution in [-0.2, 0) is 0 Å². The number of aromatic nitrogens is 1. The summed E-state index contributed by atoms with van der Waals surface area (Å²) in [4.78, 5) is 13.5. The number of nitrogens with zero attached hydrogens (tertiary/aromatic N) is 1. The molecule has 0 radical (unpaired) electrons. The van der Waals surface area contributed by atoms with Crippen molar-refractivity contribution in [1.29, 1.82) is 0 Å². The summed E-state index contributed by atoms with van der Waals surface area (Å²) in [6, 6.07) is 0.725. The number of aldehydes is 1. The number of hydrogen-bond donors (Lipinski definition) is 0. The summed E-state index contributed by atoms with van der Waals surface area (Å²) < 4.78 is 63.8. The normalized spacial score (nSPS) is 11.7. The van der Waals surface area contributed by atoms with Crippen LogP contribution in [0.5, 0.6) is 5.88 Å². The molecule has 0 N–H and O–H groups in total. The summed E-state index contributed by atoms with van der Waals surface area (Å²) in [7, 11) is 0. The summed E-state index contributed by atoms with van der Waals surface area (Å²) in [5, 5.41) is 0. The highest BCUT2D eigenvalue weighted by molar-refractivity contribution is 14.1. The van der Waals surface area contributed by atoms with Gasteiger partial charge >= 0.3 is 6.36 Å². The monoisotopic (exact) mass is 367 g/mol. The Labute approximate surface area is 105 Å². The van der Waals surface area contributed by atoms with Crippen LogP contribution >= 0.6 is 22.6 Å². The third-order valence-corrected chi connectivity index (χ3v) is 2.34. The van der Waals surface area contributed by atoms with E-state index in [1.807, 2.05) is 0 Å². The van der Waals surface area contributed by atoms with E-state index < -0.39 is 29.9 Å². The average molecular weight is 367 g/mol. The maximum absolute atomic E-state index is 12.4. The van der Waals surface area contributed by atoms with Crippen molar-refractivity contribution in [2.24, 2.45) is 0 Å². The van der Waals surface area contributed by atoms with Crippen LogP contribution in [0.4, 0.5) is 22.0 Å². The van der Waals surface area contributed by atoms with Gasteiger partial charge in [-0.05, 0) is 28.7 Å². The minimum atomic E-state index is -5.00. The molecular weight excluding hydrogens is 364 g/mol. The van der Waals surface area contributed by atoms with Crippen molar-refractivity contribution in [2.75, 3.05) is 0 Å². The van der Waals surface area contributed by atoms with Gasteiger partial charge < -0.3 is 4.74 Å². The summed E-state index contributed by atoms with van der Waals surface area (Å²) in [6.07, 6.45) is -8.06. The van der Waals surface area contributed by atoms with Crippen molar-refractivity contribution in [1.82, 2.24) is 4.98 Å². The first kappa shape index (κ1) is 14.1. The zero-order valence-corrected chi connectivity index (χ0v) is 9.92. The molecule has 0 aliphatic carbocycles. The Balaban J connectivity index is 3.23. The predicted molar refractivity (Wildman–Crippen MR) is 54.0 cm³/mol. The summed E-state index contributed by atoms with van der Waals surface area (Å²) in [5.41, 5.74) is -1.52. The third-order valence-electron chi connectivity index (χ3n) is 1.56. The van der Waals surface area contributed by atoms with Crippen LogP contribution in [0.15, 0.2) is 6.07 Å². The van der Waals surface area contributed by atoms with Crippen LogP contribution in [0.25, 0.3) is 0 Å². The molecule has 1 aromatic heterocycles. The van der Waals surface area contributed by atoms with Crippen molar-refractivity contribution in [3.63, 3.8) is 0 Å². The lowest BCUT2D eigenvalue weighted by atomic mass is 10.2. The molecule has 0 atom stereocenters. The summed E-state index contributed by atoms with van der Waals surface area (Å²) in [6.45, 7) is 0. The molecule has 1 aromatic rings. The highest BCUT2D eigenvalue weighted by Gasteiger charge is 2.33. The number of pyridine rings is 1. The SMILES string of the molecule is O=Cc1nc(OC(F)(F)F)c(I)cc1C(F)F. The van der Waals surface area contributed by atoms with Crippen LogP contribution in [0.2, 0.25) is 0 Å². The lowest BCUT2D eigenvalue weighted by molar-refractivity contribution is -0.276. The van der Waals surface area contributed by atoms with Crippen LogP contribution in [0.1, 0.15) is 22.5 Å². The number of carbonyl (C=O) groups is 1. The molecule has 17 heavy (non-hydrogen) atoms. The van der Waals surface area contributed by atoms with E-state index in [0.29, 0.717) is 0 Å². The molecule has 94 valence electrons. The minimum Gasteiger partial charge on any atom is -0.387 e. The Hall–Kier alpha value is -1.00. The van der Waals surface area contributed by atoms with E-state index in [1.54, 1.807) is 0 Å². The van der Waals surface area contributed by atoms with Gasteiger partial charge in [-0.25, -0.2) is 13.8 Å². The molecular formula is C8H3F5INO2. The first-order valence-electron chi connectivity index (χ1n) is 3.94. The first-order chi connectivity index (χ1) is 7.74. The molecule has 0 unspecified atom stereocenters. The van der Waals surface area contributed by atoms with Crippen LogP contribution in [0, 0.1) is 3.57 Å². The Morgan fingerprint density at radius 3 is 2.41 bits per heavy atom. The zero-order chi connectivity index (χ0) is 13.2. The maximum Gasteiger partial charge on any atom is 0.574 e. The molecule has 0 spiro atoms. The molecule has 0 amide bonds. The fraction of sp³-hybridized carbons (Fsp3) is 0.250. The minimum absolute atomic E-state index is 0.0548. The standard InChI is InChI=1S/C8H3F5INO2/c9-6(10)3-1-4(14)7(15-5(3)2-16)17-8(11,12)13/h1-2,6H.